The summed E-state index contributed by atoms with van der Waals surface area (Å²) in [5, 5.41) is 3.20. The van der Waals surface area contributed by atoms with Crippen LogP contribution in [0.5, 0.6) is 0 Å². The first-order chi connectivity index (χ1) is 12.6. The van der Waals surface area contributed by atoms with E-state index in [-0.39, 0.29) is 24.0 Å². The quantitative estimate of drug-likeness (QED) is 0.760. The topological polar surface area (TPSA) is 58.6 Å². The summed E-state index contributed by atoms with van der Waals surface area (Å²) >= 11 is 0. The normalized spacial score (nSPS) is 20.5. The van der Waals surface area contributed by atoms with Crippen LogP contribution in [0, 0.1) is 0 Å². The molecule has 3 rings (SSSR count). The molecule has 0 bridgehead atoms. The third-order valence-electron chi connectivity index (χ3n) is 5.25. The maximum Gasteiger partial charge on any atom is 0.255 e. The van der Waals surface area contributed by atoms with Crippen molar-refractivity contribution in [2.24, 2.45) is 0 Å². The summed E-state index contributed by atoms with van der Waals surface area (Å²) in [6.07, 6.45) is 6.56. The van der Waals surface area contributed by atoms with Crippen molar-refractivity contribution in [3.63, 3.8) is 0 Å². The summed E-state index contributed by atoms with van der Waals surface area (Å²) < 4.78 is 5.59. The van der Waals surface area contributed by atoms with Crippen molar-refractivity contribution in [3.8, 4) is 0 Å². The first-order valence-electron chi connectivity index (χ1n) is 9.90. The molecule has 1 heterocycles. The molecule has 5 heteroatoms. The molecule has 0 radical (unpaired) electrons. The van der Waals surface area contributed by atoms with E-state index in [0.717, 1.165) is 24.8 Å². The van der Waals surface area contributed by atoms with Crippen molar-refractivity contribution >= 4 is 11.8 Å². The number of hydrogen-bond donors (Lipinski definition) is 1. The van der Waals surface area contributed by atoms with E-state index in [0.29, 0.717) is 18.7 Å². The van der Waals surface area contributed by atoms with E-state index in [1.807, 2.05) is 38.1 Å². The van der Waals surface area contributed by atoms with Gasteiger partial charge in [0.2, 0.25) is 5.91 Å². The molecule has 142 valence electrons. The first-order valence-corrected chi connectivity index (χ1v) is 9.90. The van der Waals surface area contributed by atoms with Crippen molar-refractivity contribution in [1.82, 2.24) is 10.2 Å². The highest BCUT2D eigenvalue weighted by molar-refractivity contribution is 6.04. The van der Waals surface area contributed by atoms with Gasteiger partial charge in [-0.3, -0.25) is 9.59 Å². The third kappa shape index (κ3) is 4.26. The molecule has 1 saturated carbocycles. The Kier molecular flexibility index (Phi) is 6.30. The highest BCUT2D eigenvalue weighted by Gasteiger charge is 2.41. The number of nitrogens with one attached hydrogen (secondary N) is 1. The van der Waals surface area contributed by atoms with E-state index in [1.165, 1.54) is 19.3 Å². The molecule has 26 heavy (non-hydrogen) atoms. The molecular formula is C21H30N2O3. The molecule has 1 aliphatic carbocycles. The van der Waals surface area contributed by atoms with Crippen LogP contribution in [0.4, 0.5) is 0 Å². The molecule has 0 aromatic heterocycles. The fraction of sp³-hybridized carbons (Fsp3) is 0.619. The Morgan fingerprint density at radius 2 is 1.96 bits per heavy atom. The predicted molar refractivity (Wildman–Crippen MR) is 101 cm³/mol. The lowest BCUT2D eigenvalue weighted by molar-refractivity contribution is -0.126. The Morgan fingerprint density at radius 3 is 2.69 bits per heavy atom. The van der Waals surface area contributed by atoms with Gasteiger partial charge in [0, 0.05) is 24.8 Å². The summed E-state index contributed by atoms with van der Waals surface area (Å²) in [5.41, 5.74) is 1.48. The highest BCUT2D eigenvalue weighted by Crippen LogP contribution is 2.34. The number of fused-ring (bicyclic) bond motifs is 1. The van der Waals surface area contributed by atoms with Gasteiger partial charge in [-0.1, -0.05) is 37.5 Å². The zero-order valence-corrected chi connectivity index (χ0v) is 15.9. The molecule has 5 nitrogen and oxygen atoms in total. The van der Waals surface area contributed by atoms with Crippen LogP contribution in [0.3, 0.4) is 0 Å². The molecule has 2 aliphatic rings. The van der Waals surface area contributed by atoms with Gasteiger partial charge in [0.05, 0.1) is 6.10 Å². The second-order valence-corrected chi connectivity index (χ2v) is 7.60. The Hall–Kier alpha value is -1.88. The summed E-state index contributed by atoms with van der Waals surface area (Å²) in [6.45, 7) is 5.12. The lowest BCUT2D eigenvalue weighted by Crippen LogP contribution is -2.44. The van der Waals surface area contributed by atoms with E-state index in [2.05, 4.69) is 5.32 Å². The summed E-state index contributed by atoms with van der Waals surface area (Å²) in [5.74, 6) is -0.0890. The molecule has 0 unspecified atom stereocenters. The van der Waals surface area contributed by atoms with Gasteiger partial charge in [-0.25, -0.2) is 0 Å². The Bertz CT molecular complexity index is 638. The van der Waals surface area contributed by atoms with Crippen molar-refractivity contribution in [2.45, 2.75) is 70.6 Å². The van der Waals surface area contributed by atoms with Gasteiger partial charge in [0.15, 0.2) is 0 Å². The number of rotatable bonds is 7. The maximum absolute atomic E-state index is 13.0. The van der Waals surface area contributed by atoms with Gasteiger partial charge in [0.1, 0.15) is 6.04 Å². The molecule has 1 aromatic rings. The molecule has 2 amide bonds. The standard InChI is InChI=1S/C21H30N2O3/c1-15(2)26-14-8-13-23-19(17-11-6-7-12-18(17)21(23)25)20(24)22-16-9-4-3-5-10-16/h6-7,11-12,15-16,19H,3-5,8-10,13-14H2,1-2H3,(H,22,24)/t19-/m1/s1. The van der Waals surface area contributed by atoms with E-state index in [9.17, 15) is 9.59 Å². The van der Waals surface area contributed by atoms with Gasteiger partial charge in [-0.15, -0.1) is 0 Å². The van der Waals surface area contributed by atoms with Crippen LogP contribution in [-0.4, -0.2) is 42.0 Å². The largest absolute Gasteiger partial charge is 0.379 e. The van der Waals surface area contributed by atoms with Crippen LogP contribution < -0.4 is 5.32 Å². The molecule has 1 fully saturated rings. The molecule has 1 N–H and O–H groups in total. The summed E-state index contributed by atoms with van der Waals surface area (Å²) in [6, 6.07) is 7.22. The summed E-state index contributed by atoms with van der Waals surface area (Å²) in [7, 11) is 0. The fourth-order valence-electron chi connectivity index (χ4n) is 3.96. The van der Waals surface area contributed by atoms with Gasteiger partial charge in [-0.2, -0.15) is 0 Å². The van der Waals surface area contributed by atoms with Crippen molar-refractivity contribution in [3.05, 3.63) is 35.4 Å². The average molecular weight is 358 g/mol. The minimum absolute atomic E-state index is 0.0417. The van der Waals surface area contributed by atoms with Crippen LogP contribution >= 0.6 is 0 Å². The number of nitrogens with zero attached hydrogens (tertiary/aromatic N) is 1. The van der Waals surface area contributed by atoms with E-state index >= 15 is 0 Å². The summed E-state index contributed by atoms with van der Waals surface area (Å²) in [4.78, 5) is 27.6. The SMILES string of the molecule is CC(C)OCCCN1C(=O)c2ccccc2[C@@H]1C(=O)NC1CCCCC1. The first kappa shape index (κ1) is 18.9. The lowest BCUT2D eigenvalue weighted by atomic mass is 9.95. The van der Waals surface area contributed by atoms with E-state index in [1.54, 1.807) is 4.90 Å². The molecular weight excluding hydrogens is 328 g/mol. The number of hydrogen-bond acceptors (Lipinski definition) is 3. The monoisotopic (exact) mass is 358 g/mol. The Labute approximate surface area is 156 Å². The highest BCUT2D eigenvalue weighted by atomic mass is 16.5. The molecule has 0 saturated heterocycles. The van der Waals surface area contributed by atoms with Crippen LogP contribution in [0.15, 0.2) is 24.3 Å². The smallest absolute Gasteiger partial charge is 0.255 e. The molecule has 1 aliphatic heterocycles. The van der Waals surface area contributed by atoms with Crippen LogP contribution in [-0.2, 0) is 9.53 Å². The van der Waals surface area contributed by atoms with Crippen molar-refractivity contribution < 1.29 is 14.3 Å². The maximum atomic E-state index is 13.0. The van der Waals surface area contributed by atoms with Gasteiger partial charge in [0.25, 0.3) is 5.91 Å². The molecule has 0 spiro atoms. The van der Waals surface area contributed by atoms with Gasteiger partial charge < -0.3 is 15.0 Å². The zero-order valence-electron chi connectivity index (χ0n) is 15.9. The third-order valence-corrected chi connectivity index (χ3v) is 5.25. The zero-order chi connectivity index (χ0) is 18.5. The minimum atomic E-state index is -0.514. The fourth-order valence-corrected chi connectivity index (χ4v) is 3.96. The van der Waals surface area contributed by atoms with E-state index in [4.69, 9.17) is 4.74 Å². The lowest BCUT2D eigenvalue weighted by Gasteiger charge is -2.28. The Balaban J connectivity index is 1.71. The number of carbonyl (C=O) groups excluding carboxylic acids is 2. The van der Waals surface area contributed by atoms with Crippen LogP contribution in [0.2, 0.25) is 0 Å². The van der Waals surface area contributed by atoms with Crippen molar-refractivity contribution in [2.75, 3.05) is 13.2 Å². The number of carbonyl (C=O) groups is 2. The van der Waals surface area contributed by atoms with Gasteiger partial charge in [-0.05, 0) is 44.7 Å². The van der Waals surface area contributed by atoms with Gasteiger partial charge >= 0.3 is 0 Å². The molecule has 1 atom stereocenters. The predicted octanol–water partition coefficient (Wildman–Crippen LogP) is 3.45. The average Bonchev–Trinajstić information content (AvgIpc) is 2.92. The second-order valence-electron chi connectivity index (χ2n) is 7.60. The Morgan fingerprint density at radius 1 is 1.23 bits per heavy atom. The number of benzene rings is 1. The van der Waals surface area contributed by atoms with Crippen LogP contribution in [0.1, 0.15) is 74.3 Å². The number of amides is 2. The van der Waals surface area contributed by atoms with Crippen LogP contribution in [0.25, 0.3) is 0 Å². The minimum Gasteiger partial charge on any atom is -0.379 e. The van der Waals surface area contributed by atoms with Crippen molar-refractivity contribution in [1.29, 1.82) is 0 Å². The molecule has 1 aromatic carbocycles. The van der Waals surface area contributed by atoms with E-state index < -0.39 is 6.04 Å². The number of ether oxygens (including phenoxy) is 1. The second kappa shape index (κ2) is 8.67.